The Hall–Kier alpha value is -4.90. The summed E-state index contributed by atoms with van der Waals surface area (Å²) in [5.74, 6) is -0.281. The van der Waals surface area contributed by atoms with Gasteiger partial charge < -0.3 is 21.0 Å². The van der Waals surface area contributed by atoms with E-state index in [9.17, 15) is 15.2 Å². The zero-order valence-corrected chi connectivity index (χ0v) is 19.8. The van der Waals surface area contributed by atoms with E-state index in [1.165, 1.54) is 6.07 Å². The lowest BCUT2D eigenvalue weighted by Gasteiger charge is -2.11. The summed E-state index contributed by atoms with van der Waals surface area (Å²) in [6.07, 6.45) is 3.42. The predicted octanol–water partition coefficient (Wildman–Crippen LogP) is 1.54. The lowest BCUT2D eigenvalue weighted by molar-refractivity contribution is -0.672. The Labute approximate surface area is 212 Å². The van der Waals surface area contributed by atoms with Gasteiger partial charge in [0.25, 0.3) is 11.4 Å². The van der Waals surface area contributed by atoms with Crippen molar-refractivity contribution in [2.75, 3.05) is 31.5 Å². The van der Waals surface area contributed by atoms with Gasteiger partial charge in [-0.2, -0.15) is 0 Å². The number of fused-ring (bicyclic) bond motifs is 2. The fraction of sp³-hybridized carbons (Fsp3) is 0.154. The van der Waals surface area contributed by atoms with E-state index in [1.54, 1.807) is 36.7 Å². The van der Waals surface area contributed by atoms with Crippen LogP contribution in [0.5, 0.6) is 0 Å². The molecule has 0 fully saturated rings. The monoisotopic (exact) mass is 496 g/mol. The van der Waals surface area contributed by atoms with E-state index in [0.29, 0.717) is 46.8 Å². The van der Waals surface area contributed by atoms with Crippen LogP contribution in [0.2, 0.25) is 0 Å². The lowest BCUT2D eigenvalue weighted by Crippen LogP contribution is -2.44. The molecule has 2 aromatic carbocycles. The van der Waals surface area contributed by atoms with E-state index < -0.39 is 0 Å². The van der Waals surface area contributed by atoms with Crippen molar-refractivity contribution in [2.45, 2.75) is 0 Å². The topological polar surface area (TPSA) is 146 Å². The van der Waals surface area contributed by atoms with Crippen LogP contribution in [0.3, 0.4) is 0 Å². The summed E-state index contributed by atoms with van der Waals surface area (Å²) in [7, 11) is 0. The van der Waals surface area contributed by atoms with Gasteiger partial charge in [-0.3, -0.25) is 15.1 Å². The molecular weight excluding hydrogens is 472 g/mol. The molecule has 0 aliphatic carbocycles. The number of hydrogen-bond donors (Lipinski definition) is 3. The molecule has 186 valence electrons. The fourth-order valence-electron chi connectivity index (χ4n) is 3.96. The van der Waals surface area contributed by atoms with Crippen LogP contribution in [-0.4, -0.2) is 47.2 Å². The van der Waals surface area contributed by atoms with Crippen molar-refractivity contribution >= 4 is 33.8 Å². The van der Waals surface area contributed by atoms with Gasteiger partial charge in [-0.05, 0) is 30.3 Å². The van der Waals surface area contributed by atoms with Gasteiger partial charge in [-0.15, -0.1) is 0 Å². The molecule has 0 atom stereocenters. The number of amides is 1. The highest BCUT2D eigenvalue weighted by Gasteiger charge is 2.19. The Morgan fingerprint density at radius 2 is 1.62 bits per heavy atom. The third-order valence-corrected chi connectivity index (χ3v) is 5.80. The molecule has 11 nitrogen and oxygen atoms in total. The van der Waals surface area contributed by atoms with Crippen LogP contribution in [0.4, 0.5) is 5.95 Å². The van der Waals surface area contributed by atoms with Gasteiger partial charge in [0, 0.05) is 53.9 Å². The number of para-hydroxylation sites is 3. The molecular formula is C26H24N8O3. The zero-order valence-electron chi connectivity index (χ0n) is 19.8. The molecule has 3 N–H and O–H groups in total. The van der Waals surface area contributed by atoms with Crippen molar-refractivity contribution in [3.05, 3.63) is 95.1 Å². The largest absolute Gasteiger partial charge is 0.739 e. The number of anilines is 1. The van der Waals surface area contributed by atoms with Gasteiger partial charge in [-0.25, -0.2) is 9.71 Å². The highest BCUT2D eigenvalue weighted by molar-refractivity contribution is 6.05. The average molecular weight is 497 g/mol. The number of rotatable bonds is 9. The molecule has 37 heavy (non-hydrogen) atoms. The minimum absolute atomic E-state index is 0.0709. The second kappa shape index (κ2) is 10.8. The van der Waals surface area contributed by atoms with Gasteiger partial charge >= 0.3 is 5.95 Å². The Morgan fingerprint density at radius 3 is 2.46 bits per heavy atom. The second-order valence-electron chi connectivity index (χ2n) is 8.22. The van der Waals surface area contributed by atoms with Crippen molar-refractivity contribution < 1.29 is 14.4 Å². The smallest absolute Gasteiger partial charge is 0.461 e. The SMILES string of the molecule is O=C(NCCNCCNc1n[n+]([O-])c2ccccc2[n+]1[O-])c1cccc2ccc(-c3ccncc3)nc12. The number of benzene rings is 2. The van der Waals surface area contributed by atoms with E-state index in [-0.39, 0.29) is 22.9 Å². The minimum atomic E-state index is -0.210. The van der Waals surface area contributed by atoms with Gasteiger partial charge in [0.05, 0.1) is 23.3 Å². The highest BCUT2D eigenvalue weighted by Crippen LogP contribution is 2.22. The molecule has 3 aromatic heterocycles. The van der Waals surface area contributed by atoms with Crippen molar-refractivity contribution in [3.63, 3.8) is 0 Å². The molecule has 0 aliphatic heterocycles. The Bertz CT molecular complexity index is 1560. The van der Waals surface area contributed by atoms with Gasteiger partial charge in [0.15, 0.2) is 5.52 Å². The number of hydrogen-bond acceptors (Lipinski definition) is 8. The molecule has 5 rings (SSSR count). The zero-order chi connectivity index (χ0) is 25.6. The molecule has 11 heteroatoms. The summed E-state index contributed by atoms with van der Waals surface area (Å²) < 4.78 is 0.599. The molecule has 1 amide bonds. The molecule has 5 aromatic rings. The molecule has 0 saturated heterocycles. The number of aromatic nitrogens is 5. The summed E-state index contributed by atoms with van der Waals surface area (Å²) in [5, 5.41) is 38.0. The average Bonchev–Trinajstić information content (AvgIpc) is 2.94. The van der Waals surface area contributed by atoms with E-state index in [1.807, 2.05) is 36.4 Å². The number of carbonyl (C=O) groups excluding carboxylic acids is 1. The Morgan fingerprint density at radius 1 is 0.838 bits per heavy atom. The summed E-state index contributed by atoms with van der Waals surface area (Å²) in [6, 6.07) is 19.6. The van der Waals surface area contributed by atoms with Gasteiger partial charge in [-0.1, -0.05) is 30.3 Å². The maximum Gasteiger partial charge on any atom is 0.461 e. The molecule has 0 bridgehead atoms. The van der Waals surface area contributed by atoms with Crippen LogP contribution >= 0.6 is 0 Å². The minimum Gasteiger partial charge on any atom is -0.739 e. The standard InChI is InChI=1S/C26H24N8O3/c35-25(20-5-3-4-19-8-9-21(31-24(19)20)18-10-12-27-13-11-18)29-16-14-28-15-17-30-26-32-34(37)23-7-2-1-6-22(23)33(26)36/h1-13,28H,14-17H2,(H,29,35)(H,30,32). The first kappa shape index (κ1) is 23.8. The summed E-state index contributed by atoms with van der Waals surface area (Å²) >= 11 is 0. The normalized spacial score (nSPS) is 11.0. The van der Waals surface area contributed by atoms with Crippen LogP contribution in [-0.2, 0) is 0 Å². The third kappa shape index (κ3) is 5.21. The van der Waals surface area contributed by atoms with E-state index >= 15 is 0 Å². The van der Waals surface area contributed by atoms with Gasteiger partial charge in [0.2, 0.25) is 5.10 Å². The first-order valence-electron chi connectivity index (χ1n) is 11.8. The van der Waals surface area contributed by atoms with E-state index in [4.69, 9.17) is 4.98 Å². The number of nitrogens with one attached hydrogen (secondary N) is 3. The quantitative estimate of drug-likeness (QED) is 0.158. The number of carbonyl (C=O) groups is 1. The Kier molecular flexibility index (Phi) is 6.95. The highest BCUT2D eigenvalue weighted by atomic mass is 16.5. The van der Waals surface area contributed by atoms with Crippen LogP contribution < -0.4 is 25.5 Å². The van der Waals surface area contributed by atoms with Crippen LogP contribution in [0.1, 0.15) is 10.4 Å². The van der Waals surface area contributed by atoms with Crippen LogP contribution in [0.25, 0.3) is 33.2 Å². The Balaban J connectivity index is 1.13. The second-order valence-corrected chi connectivity index (χ2v) is 8.22. The predicted molar refractivity (Wildman–Crippen MR) is 138 cm³/mol. The molecule has 3 heterocycles. The molecule has 0 aliphatic rings. The fourth-order valence-corrected chi connectivity index (χ4v) is 3.96. The maximum atomic E-state index is 12.9. The van der Waals surface area contributed by atoms with Crippen LogP contribution in [0.15, 0.2) is 79.1 Å². The third-order valence-electron chi connectivity index (χ3n) is 5.80. The summed E-state index contributed by atoms with van der Waals surface area (Å²) in [5.41, 5.74) is 3.27. The first-order chi connectivity index (χ1) is 18.1. The van der Waals surface area contributed by atoms with Crippen molar-refractivity contribution in [2.24, 2.45) is 0 Å². The summed E-state index contributed by atoms with van der Waals surface area (Å²) in [4.78, 5) is 22.1. The van der Waals surface area contributed by atoms with E-state index in [0.717, 1.165) is 16.6 Å². The van der Waals surface area contributed by atoms with E-state index in [2.05, 4.69) is 26.0 Å². The lowest BCUT2D eigenvalue weighted by atomic mass is 10.1. The molecule has 0 spiro atoms. The van der Waals surface area contributed by atoms with Crippen molar-refractivity contribution in [3.8, 4) is 11.3 Å². The first-order valence-corrected chi connectivity index (χ1v) is 11.8. The maximum absolute atomic E-state index is 12.9. The van der Waals surface area contributed by atoms with Crippen molar-refractivity contribution in [1.82, 2.24) is 25.7 Å². The molecule has 0 unspecified atom stereocenters. The van der Waals surface area contributed by atoms with Crippen molar-refractivity contribution in [1.29, 1.82) is 0 Å². The number of pyridine rings is 2. The van der Waals surface area contributed by atoms with Crippen LogP contribution in [0, 0.1) is 10.4 Å². The number of nitrogens with zero attached hydrogens (tertiary/aromatic N) is 5. The molecule has 0 saturated carbocycles. The van der Waals surface area contributed by atoms with Gasteiger partial charge in [0.1, 0.15) is 0 Å². The summed E-state index contributed by atoms with van der Waals surface area (Å²) in [6.45, 7) is 1.77. The molecule has 0 radical (unpaired) electrons.